The Hall–Kier alpha value is -1.78. The highest BCUT2D eigenvalue weighted by Crippen LogP contribution is 2.18. The molecule has 0 radical (unpaired) electrons. The summed E-state index contributed by atoms with van der Waals surface area (Å²) in [7, 11) is 0. The molecular weight excluding hydrogens is 286 g/mol. The zero-order chi connectivity index (χ0) is 16.3. The predicted molar refractivity (Wildman–Crippen MR) is 98.0 cm³/mol. The molecule has 1 fully saturated rings. The number of guanidine groups is 1. The van der Waals surface area contributed by atoms with Crippen molar-refractivity contribution in [1.29, 1.82) is 0 Å². The molecule has 128 valence electrons. The van der Waals surface area contributed by atoms with E-state index in [1.54, 1.807) is 0 Å². The van der Waals surface area contributed by atoms with Crippen molar-refractivity contribution in [2.24, 2.45) is 4.99 Å². The van der Waals surface area contributed by atoms with Crippen LogP contribution >= 0.6 is 0 Å². The number of rotatable bonds is 8. The number of anilines is 1. The Labute approximate surface area is 140 Å². The minimum absolute atomic E-state index is 0.687. The Balaban J connectivity index is 1.90. The molecule has 1 saturated heterocycles. The predicted octanol–water partition coefficient (Wildman–Crippen LogP) is 2.93. The summed E-state index contributed by atoms with van der Waals surface area (Å²) >= 11 is 0. The summed E-state index contributed by atoms with van der Waals surface area (Å²) < 4.78 is 0. The molecule has 5 nitrogen and oxygen atoms in total. The summed E-state index contributed by atoms with van der Waals surface area (Å²) in [6.45, 7) is 9.13. The van der Waals surface area contributed by atoms with Gasteiger partial charge in [-0.2, -0.15) is 0 Å². The van der Waals surface area contributed by atoms with Gasteiger partial charge in [0.05, 0.1) is 6.54 Å². The Morgan fingerprint density at radius 3 is 2.78 bits per heavy atom. The van der Waals surface area contributed by atoms with Gasteiger partial charge in [0.15, 0.2) is 5.96 Å². The van der Waals surface area contributed by atoms with Crippen LogP contribution < -0.4 is 15.5 Å². The van der Waals surface area contributed by atoms with E-state index in [0.717, 1.165) is 38.0 Å². The van der Waals surface area contributed by atoms with E-state index in [1.807, 2.05) is 6.20 Å². The summed E-state index contributed by atoms with van der Waals surface area (Å²) in [6, 6.07) is 4.24. The van der Waals surface area contributed by atoms with E-state index < -0.39 is 0 Å². The Morgan fingerprint density at radius 2 is 2.04 bits per heavy atom. The lowest BCUT2D eigenvalue weighted by Crippen LogP contribution is -2.37. The second-order valence-corrected chi connectivity index (χ2v) is 6.05. The van der Waals surface area contributed by atoms with Crippen molar-refractivity contribution in [1.82, 2.24) is 15.6 Å². The molecule has 1 aromatic heterocycles. The number of nitrogens with one attached hydrogen (secondary N) is 2. The average Bonchev–Trinajstić information content (AvgIpc) is 3.11. The smallest absolute Gasteiger partial charge is 0.191 e. The number of unbranched alkanes of at least 4 members (excludes halogenated alkanes) is 2. The van der Waals surface area contributed by atoms with Gasteiger partial charge < -0.3 is 15.5 Å². The molecule has 1 aliphatic rings. The van der Waals surface area contributed by atoms with E-state index in [1.165, 1.54) is 37.7 Å². The second kappa shape index (κ2) is 10.1. The third kappa shape index (κ3) is 6.08. The summed E-state index contributed by atoms with van der Waals surface area (Å²) in [5, 5.41) is 6.72. The Kier molecular flexibility index (Phi) is 7.70. The maximum absolute atomic E-state index is 4.70. The van der Waals surface area contributed by atoms with E-state index in [9.17, 15) is 0 Å². The first-order valence-corrected chi connectivity index (χ1v) is 9.05. The summed E-state index contributed by atoms with van der Waals surface area (Å²) in [5.41, 5.74) is 1.22. The van der Waals surface area contributed by atoms with Crippen LogP contribution in [0.1, 0.15) is 51.5 Å². The van der Waals surface area contributed by atoms with Crippen LogP contribution in [-0.2, 0) is 6.54 Å². The van der Waals surface area contributed by atoms with E-state index >= 15 is 0 Å². The van der Waals surface area contributed by atoms with E-state index in [0.29, 0.717) is 6.54 Å². The molecule has 0 spiro atoms. The molecule has 0 unspecified atom stereocenters. The van der Waals surface area contributed by atoms with Crippen LogP contribution in [-0.4, -0.2) is 37.1 Å². The van der Waals surface area contributed by atoms with Crippen LogP contribution in [0.15, 0.2) is 23.3 Å². The number of hydrogen-bond acceptors (Lipinski definition) is 3. The number of nitrogens with zero attached hydrogens (tertiary/aromatic N) is 3. The van der Waals surface area contributed by atoms with Crippen molar-refractivity contribution in [3.8, 4) is 0 Å². The largest absolute Gasteiger partial charge is 0.357 e. The van der Waals surface area contributed by atoms with Gasteiger partial charge in [-0.05, 0) is 43.9 Å². The lowest BCUT2D eigenvalue weighted by atomic mass is 10.2. The van der Waals surface area contributed by atoms with Gasteiger partial charge in [0.2, 0.25) is 0 Å². The normalized spacial score (nSPS) is 15.0. The van der Waals surface area contributed by atoms with Gasteiger partial charge in [0.25, 0.3) is 0 Å². The lowest BCUT2D eigenvalue weighted by molar-refractivity contribution is 0.683. The standard InChI is InChI=1S/C18H31N5/c1-3-5-6-10-21-18(19-4-2)22-15-16-9-11-20-17(14-16)23-12-7-8-13-23/h9,11,14H,3-8,10,12-13,15H2,1-2H3,(H2,19,21,22). The van der Waals surface area contributed by atoms with Gasteiger partial charge in [-0.1, -0.05) is 19.8 Å². The highest BCUT2D eigenvalue weighted by molar-refractivity contribution is 5.79. The van der Waals surface area contributed by atoms with Gasteiger partial charge in [-0.15, -0.1) is 0 Å². The first-order chi connectivity index (χ1) is 11.3. The van der Waals surface area contributed by atoms with Crippen LogP contribution in [0.25, 0.3) is 0 Å². The van der Waals surface area contributed by atoms with Crippen molar-refractivity contribution in [2.45, 2.75) is 52.5 Å². The number of hydrogen-bond donors (Lipinski definition) is 2. The van der Waals surface area contributed by atoms with E-state index in [-0.39, 0.29) is 0 Å². The first kappa shape index (κ1) is 17.6. The van der Waals surface area contributed by atoms with Gasteiger partial charge in [0, 0.05) is 32.4 Å². The van der Waals surface area contributed by atoms with Gasteiger partial charge >= 0.3 is 0 Å². The third-order valence-electron chi connectivity index (χ3n) is 4.08. The number of aromatic nitrogens is 1. The monoisotopic (exact) mass is 317 g/mol. The van der Waals surface area contributed by atoms with E-state index in [4.69, 9.17) is 4.99 Å². The minimum atomic E-state index is 0.687. The van der Waals surface area contributed by atoms with Gasteiger partial charge in [0.1, 0.15) is 5.82 Å². The zero-order valence-corrected chi connectivity index (χ0v) is 14.6. The highest BCUT2D eigenvalue weighted by atomic mass is 15.2. The molecule has 0 saturated carbocycles. The maximum Gasteiger partial charge on any atom is 0.191 e. The molecule has 0 atom stereocenters. The fraction of sp³-hybridized carbons (Fsp3) is 0.667. The molecule has 2 N–H and O–H groups in total. The van der Waals surface area contributed by atoms with Gasteiger partial charge in [-0.3, -0.25) is 0 Å². The molecular formula is C18H31N5. The lowest BCUT2D eigenvalue weighted by Gasteiger charge is -2.16. The number of pyridine rings is 1. The Morgan fingerprint density at radius 1 is 1.22 bits per heavy atom. The molecule has 0 bridgehead atoms. The van der Waals surface area contributed by atoms with Gasteiger partial charge in [-0.25, -0.2) is 9.98 Å². The molecule has 0 aliphatic carbocycles. The molecule has 0 amide bonds. The number of aliphatic imine (C=N–C) groups is 1. The summed E-state index contributed by atoms with van der Waals surface area (Å²) in [6.07, 6.45) is 8.14. The molecule has 1 aliphatic heterocycles. The van der Waals surface area contributed by atoms with Crippen molar-refractivity contribution in [2.75, 3.05) is 31.1 Å². The van der Waals surface area contributed by atoms with E-state index in [2.05, 4.69) is 46.5 Å². The topological polar surface area (TPSA) is 52.6 Å². The SMILES string of the molecule is CCCCCNC(=NCc1ccnc(N2CCCC2)c1)NCC. The van der Waals surface area contributed by atoms with Crippen molar-refractivity contribution >= 4 is 11.8 Å². The quantitative estimate of drug-likeness (QED) is 0.440. The fourth-order valence-electron chi connectivity index (χ4n) is 2.77. The summed E-state index contributed by atoms with van der Waals surface area (Å²) in [5.74, 6) is 2.00. The molecule has 23 heavy (non-hydrogen) atoms. The molecule has 2 rings (SSSR count). The third-order valence-corrected chi connectivity index (χ3v) is 4.08. The van der Waals surface area contributed by atoms with Crippen molar-refractivity contribution in [3.05, 3.63) is 23.9 Å². The van der Waals surface area contributed by atoms with Crippen LogP contribution in [0.3, 0.4) is 0 Å². The van der Waals surface area contributed by atoms with Crippen LogP contribution in [0, 0.1) is 0 Å². The fourth-order valence-corrected chi connectivity index (χ4v) is 2.77. The molecule has 1 aromatic rings. The minimum Gasteiger partial charge on any atom is -0.357 e. The molecule has 5 heteroatoms. The zero-order valence-electron chi connectivity index (χ0n) is 14.6. The first-order valence-electron chi connectivity index (χ1n) is 9.05. The molecule has 0 aromatic carbocycles. The molecule has 2 heterocycles. The Bertz CT molecular complexity index is 480. The second-order valence-electron chi connectivity index (χ2n) is 6.05. The summed E-state index contributed by atoms with van der Waals surface area (Å²) in [4.78, 5) is 11.6. The van der Waals surface area contributed by atoms with Crippen LogP contribution in [0.4, 0.5) is 5.82 Å². The van der Waals surface area contributed by atoms with Crippen LogP contribution in [0.2, 0.25) is 0 Å². The average molecular weight is 317 g/mol. The maximum atomic E-state index is 4.70. The van der Waals surface area contributed by atoms with Crippen LogP contribution in [0.5, 0.6) is 0 Å². The van der Waals surface area contributed by atoms with Crippen molar-refractivity contribution in [3.63, 3.8) is 0 Å². The van der Waals surface area contributed by atoms with Crippen molar-refractivity contribution < 1.29 is 0 Å². The highest BCUT2D eigenvalue weighted by Gasteiger charge is 2.13.